The molecule has 0 radical (unpaired) electrons. The molecule has 0 aliphatic heterocycles. The van der Waals surface area contributed by atoms with Gasteiger partial charge in [0.1, 0.15) is 5.75 Å². The first-order valence-corrected chi connectivity index (χ1v) is 9.47. The number of ether oxygens (including phenoxy) is 1. The Hall–Kier alpha value is -2.29. The van der Waals surface area contributed by atoms with E-state index in [1.807, 2.05) is 42.5 Å². The van der Waals surface area contributed by atoms with Crippen LogP contribution in [0.5, 0.6) is 5.75 Å². The number of nitrogens with zero attached hydrogens (tertiary/aromatic N) is 1. The van der Waals surface area contributed by atoms with Gasteiger partial charge in [0.05, 0.1) is 7.11 Å². The van der Waals surface area contributed by atoms with E-state index in [4.69, 9.17) is 4.74 Å². The average molecular weight is 510 g/mol. The van der Waals surface area contributed by atoms with Crippen molar-refractivity contribution in [3.05, 3.63) is 65.2 Å². The molecule has 1 unspecified atom stereocenters. The van der Waals surface area contributed by atoms with Gasteiger partial charge in [-0.3, -0.25) is 9.79 Å². The van der Waals surface area contributed by atoms with Crippen LogP contribution in [0.1, 0.15) is 34.3 Å². The molecule has 1 atom stereocenters. The maximum Gasteiger partial charge on any atom is 0.251 e. The molecule has 2 rings (SSSR count). The van der Waals surface area contributed by atoms with Crippen molar-refractivity contribution in [2.75, 3.05) is 34.3 Å². The van der Waals surface area contributed by atoms with Crippen molar-refractivity contribution < 1.29 is 9.53 Å². The Morgan fingerprint density at radius 3 is 2.59 bits per heavy atom. The third-order valence-electron chi connectivity index (χ3n) is 4.59. The van der Waals surface area contributed by atoms with Crippen molar-refractivity contribution in [1.29, 1.82) is 0 Å². The Morgan fingerprint density at radius 1 is 1.14 bits per heavy atom. The Bertz CT molecular complexity index is 811. The van der Waals surface area contributed by atoms with E-state index in [9.17, 15) is 4.79 Å². The van der Waals surface area contributed by atoms with Gasteiger partial charge in [-0.2, -0.15) is 0 Å². The highest BCUT2D eigenvalue weighted by molar-refractivity contribution is 14.0. The third kappa shape index (κ3) is 7.56. The van der Waals surface area contributed by atoms with Crippen LogP contribution in [0.15, 0.2) is 53.5 Å². The summed E-state index contributed by atoms with van der Waals surface area (Å²) in [7, 11) is 5.09. The molecule has 6 nitrogen and oxygen atoms in total. The fourth-order valence-corrected chi connectivity index (χ4v) is 2.99. The van der Waals surface area contributed by atoms with E-state index >= 15 is 0 Å². The largest absolute Gasteiger partial charge is 0.496 e. The fraction of sp³-hybridized carbons (Fsp3) is 0.364. The molecule has 0 aliphatic rings. The molecule has 29 heavy (non-hydrogen) atoms. The second-order valence-electron chi connectivity index (χ2n) is 6.55. The zero-order chi connectivity index (χ0) is 20.4. The summed E-state index contributed by atoms with van der Waals surface area (Å²) in [4.78, 5) is 16.0. The summed E-state index contributed by atoms with van der Waals surface area (Å²) in [5.74, 6) is 1.86. The molecule has 0 heterocycles. The first-order valence-electron chi connectivity index (χ1n) is 9.47. The third-order valence-corrected chi connectivity index (χ3v) is 4.59. The van der Waals surface area contributed by atoms with Gasteiger partial charge < -0.3 is 20.7 Å². The summed E-state index contributed by atoms with van der Waals surface area (Å²) in [5, 5.41) is 9.33. The number of hydrogen-bond donors (Lipinski definition) is 3. The Labute approximate surface area is 190 Å². The van der Waals surface area contributed by atoms with E-state index in [1.54, 1.807) is 21.2 Å². The monoisotopic (exact) mass is 510 g/mol. The Morgan fingerprint density at radius 2 is 1.90 bits per heavy atom. The topological polar surface area (TPSA) is 74.8 Å². The Kier molecular flexibility index (Phi) is 11.1. The predicted molar refractivity (Wildman–Crippen MR) is 130 cm³/mol. The molecule has 0 aliphatic carbocycles. The number of halogens is 1. The molecule has 0 spiro atoms. The smallest absolute Gasteiger partial charge is 0.251 e. The summed E-state index contributed by atoms with van der Waals surface area (Å²) in [5.41, 5.74) is 2.94. The van der Waals surface area contributed by atoms with Crippen molar-refractivity contribution in [3.63, 3.8) is 0 Å². The summed E-state index contributed by atoms with van der Waals surface area (Å²) in [6, 6.07) is 15.7. The minimum absolute atomic E-state index is 0. The lowest BCUT2D eigenvalue weighted by Crippen LogP contribution is -2.40. The number of benzene rings is 2. The van der Waals surface area contributed by atoms with Crippen molar-refractivity contribution >= 4 is 35.8 Å². The van der Waals surface area contributed by atoms with Gasteiger partial charge in [0.25, 0.3) is 5.91 Å². The number of para-hydroxylation sites is 1. The number of aliphatic imine (C=N–C) groups is 1. The standard InChI is InChI=1S/C22H30N4O2.HI/c1-16(19-10-5-6-11-20(19)28-4)15-26-22(24-3)25-13-12-17-8-7-9-18(14-17)21(27)23-2;/h5-11,14,16H,12-13,15H2,1-4H3,(H,23,27)(H2,24,25,26);1H. The highest BCUT2D eigenvalue weighted by Crippen LogP contribution is 2.25. The lowest BCUT2D eigenvalue weighted by molar-refractivity contribution is 0.0963. The molecule has 1 amide bonds. The zero-order valence-electron chi connectivity index (χ0n) is 17.5. The molecule has 158 valence electrons. The number of rotatable bonds is 8. The molecule has 2 aromatic rings. The van der Waals surface area contributed by atoms with E-state index in [2.05, 4.69) is 33.9 Å². The number of nitrogens with one attached hydrogen (secondary N) is 3. The highest BCUT2D eigenvalue weighted by atomic mass is 127. The molecular formula is C22H31IN4O2. The fourth-order valence-electron chi connectivity index (χ4n) is 2.99. The number of carbonyl (C=O) groups is 1. The molecule has 0 saturated carbocycles. The van der Waals surface area contributed by atoms with Crippen LogP contribution in [0.3, 0.4) is 0 Å². The van der Waals surface area contributed by atoms with Crippen LogP contribution in [0.4, 0.5) is 0 Å². The van der Waals surface area contributed by atoms with Crippen LogP contribution in [0, 0.1) is 0 Å². The molecule has 2 aromatic carbocycles. The molecule has 0 aromatic heterocycles. The van der Waals surface area contributed by atoms with Gasteiger partial charge in [-0.1, -0.05) is 37.3 Å². The molecule has 3 N–H and O–H groups in total. The first-order chi connectivity index (χ1) is 13.6. The van der Waals surface area contributed by atoms with Crippen molar-refractivity contribution in [2.45, 2.75) is 19.3 Å². The summed E-state index contributed by atoms with van der Waals surface area (Å²) < 4.78 is 5.45. The van der Waals surface area contributed by atoms with Gasteiger partial charge in [0.15, 0.2) is 5.96 Å². The minimum Gasteiger partial charge on any atom is -0.496 e. The predicted octanol–water partition coefficient (Wildman–Crippen LogP) is 3.18. The number of hydrogen-bond acceptors (Lipinski definition) is 3. The summed E-state index contributed by atoms with van der Waals surface area (Å²) in [6.07, 6.45) is 0.799. The highest BCUT2D eigenvalue weighted by Gasteiger charge is 2.11. The second kappa shape index (κ2) is 13.0. The lowest BCUT2D eigenvalue weighted by Gasteiger charge is -2.18. The van der Waals surface area contributed by atoms with Gasteiger partial charge in [0, 0.05) is 38.7 Å². The summed E-state index contributed by atoms with van der Waals surface area (Å²) in [6.45, 7) is 3.62. The van der Waals surface area contributed by atoms with Gasteiger partial charge in [0.2, 0.25) is 0 Å². The summed E-state index contributed by atoms with van der Waals surface area (Å²) >= 11 is 0. The number of guanidine groups is 1. The molecular weight excluding hydrogens is 479 g/mol. The normalized spacial score (nSPS) is 11.8. The maximum atomic E-state index is 11.7. The maximum absolute atomic E-state index is 11.7. The van der Waals surface area contributed by atoms with Crippen LogP contribution in [-0.2, 0) is 6.42 Å². The number of methoxy groups -OCH3 is 1. The molecule has 0 fully saturated rings. The van der Waals surface area contributed by atoms with E-state index < -0.39 is 0 Å². The van der Waals surface area contributed by atoms with Gasteiger partial charge in [-0.05, 0) is 35.7 Å². The van der Waals surface area contributed by atoms with Gasteiger partial charge in [-0.15, -0.1) is 24.0 Å². The average Bonchev–Trinajstić information content (AvgIpc) is 2.75. The lowest BCUT2D eigenvalue weighted by atomic mass is 10.0. The molecule has 7 heteroatoms. The SMILES string of the molecule is CN=C(NCCc1cccc(C(=O)NC)c1)NCC(C)c1ccccc1OC.I. The minimum atomic E-state index is -0.0717. The van der Waals surface area contributed by atoms with Crippen LogP contribution in [0.2, 0.25) is 0 Å². The van der Waals surface area contributed by atoms with E-state index in [0.29, 0.717) is 5.56 Å². The Balaban J connectivity index is 0.00000420. The number of amides is 1. The first kappa shape index (κ1) is 24.7. The zero-order valence-corrected chi connectivity index (χ0v) is 19.8. The van der Waals surface area contributed by atoms with Crippen LogP contribution in [-0.4, -0.2) is 46.2 Å². The van der Waals surface area contributed by atoms with Crippen molar-refractivity contribution in [3.8, 4) is 5.75 Å². The van der Waals surface area contributed by atoms with E-state index in [-0.39, 0.29) is 35.8 Å². The van der Waals surface area contributed by atoms with E-state index in [0.717, 1.165) is 36.8 Å². The van der Waals surface area contributed by atoms with Crippen molar-refractivity contribution in [1.82, 2.24) is 16.0 Å². The van der Waals surface area contributed by atoms with Crippen LogP contribution in [0.25, 0.3) is 0 Å². The second-order valence-corrected chi connectivity index (χ2v) is 6.55. The molecule has 0 bridgehead atoms. The quantitative estimate of drug-likeness (QED) is 0.290. The van der Waals surface area contributed by atoms with Gasteiger partial charge >= 0.3 is 0 Å². The van der Waals surface area contributed by atoms with E-state index in [1.165, 1.54) is 5.56 Å². The molecule has 0 saturated heterocycles. The number of carbonyl (C=O) groups excluding carboxylic acids is 1. The van der Waals surface area contributed by atoms with Gasteiger partial charge in [-0.25, -0.2) is 0 Å². The van der Waals surface area contributed by atoms with Crippen LogP contribution >= 0.6 is 24.0 Å². The van der Waals surface area contributed by atoms with Crippen molar-refractivity contribution in [2.24, 2.45) is 4.99 Å². The van der Waals surface area contributed by atoms with Crippen LogP contribution < -0.4 is 20.7 Å².